The summed E-state index contributed by atoms with van der Waals surface area (Å²) in [6.45, 7) is 21.3. The van der Waals surface area contributed by atoms with Crippen LogP contribution >= 0.6 is 0 Å². The summed E-state index contributed by atoms with van der Waals surface area (Å²) in [5.41, 5.74) is 20.9. The van der Waals surface area contributed by atoms with E-state index in [0.717, 1.165) is 80.1 Å². The molecule has 0 fully saturated rings. The van der Waals surface area contributed by atoms with Crippen LogP contribution in [0.4, 0.5) is 28.6 Å². The lowest BCUT2D eigenvalue weighted by molar-refractivity contribution is 0.332. The van der Waals surface area contributed by atoms with Gasteiger partial charge in [0, 0.05) is 33.0 Å². The van der Waals surface area contributed by atoms with Crippen molar-refractivity contribution >= 4 is 79.7 Å². The highest BCUT2D eigenvalue weighted by Gasteiger charge is 2.42. The van der Waals surface area contributed by atoms with Crippen LogP contribution < -0.4 is 21.1 Å². The molecule has 4 nitrogen and oxygen atoms in total. The highest BCUT2D eigenvalue weighted by Crippen LogP contribution is 2.54. The first-order chi connectivity index (χ1) is 30.6. The number of hydrogen-bond donors (Lipinski definition) is 1. The van der Waals surface area contributed by atoms with Gasteiger partial charge in [0.25, 0.3) is 0 Å². The maximum Gasteiger partial charge on any atom is 0.203 e. The second kappa shape index (κ2) is 13.3. The topological polar surface area (TPSA) is 41.6 Å². The number of nitrogens with zero attached hydrogens (tertiary/aromatic N) is 1. The van der Waals surface area contributed by atoms with Crippen molar-refractivity contribution in [2.75, 3.05) is 10.2 Å². The van der Waals surface area contributed by atoms with Crippen molar-refractivity contribution in [2.24, 2.45) is 0 Å². The van der Waals surface area contributed by atoms with E-state index >= 15 is 0 Å². The average molecular weight is 835 g/mol. The van der Waals surface area contributed by atoms with Gasteiger partial charge in [-0.2, -0.15) is 0 Å². The molecule has 0 saturated heterocycles. The Morgan fingerprint density at radius 2 is 1.27 bits per heavy atom. The van der Waals surface area contributed by atoms with Gasteiger partial charge < -0.3 is 14.2 Å². The van der Waals surface area contributed by atoms with E-state index in [1.807, 2.05) is 0 Å². The second-order valence-corrected chi connectivity index (χ2v) is 21.7. The fourth-order valence-electron chi connectivity index (χ4n) is 11.5. The van der Waals surface area contributed by atoms with Crippen LogP contribution in [0, 0.1) is 0 Å². The summed E-state index contributed by atoms with van der Waals surface area (Å²) in [7, 11) is 0.700. The molecule has 0 saturated carbocycles. The highest BCUT2D eigenvalue weighted by molar-refractivity contribution is 6.76. The van der Waals surface area contributed by atoms with Gasteiger partial charge in [-0.3, -0.25) is 4.90 Å². The van der Waals surface area contributed by atoms with Crippen molar-refractivity contribution in [3.63, 3.8) is 0 Å². The van der Waals surface area contributed by atoms with Crippen molar-refractivity contribution < 1.29 is 8.83 Å². The molecule has 2 aliphatic heterocycles. The molecule has 0 spiro atoms. The van der Waals surface area contributed by atoms with Gasteiger partial charge in [0.15, 0.2) is 5.88 Å². The third-order valence-electron chi connectivity index (χ3n) is 15.3. The lowest BCUT2D eigenvalue weighted by atomic mass is 9.57. The van der Waals surface area contributed by atoms with Crippen molar-refractivity contribution in [1.29, 1.82) is 0 Å². The number of furan rings is 2. The standard InChI is InChI=1S/C59H55BN2O2/c1-56(2,3)35-26-27-46(38(30-35)34-18-11-10-12-19-34)62-54-50-37-20-13-16-25-47(37)63-49(50)32-39(36-21-17-23-42-53(36)61-45-24-15-14-22-41(45)59(42,8)9)51(54)60-52-40-31-43-44(33-48(40)64-55(52)62)58(6,7)29-28-57(43,4)5/h10-27,30-33,60-61H,28-29H2,1-9H3. The zero-order valence-electron chi connectivity index (χ0n) is 38.6. The molecule has 7 aromatic carbocycles. The molecule has 1 N–H and O–H groups in total. The van der Waals surface area contributed by atoms with Crippen LogP contribution in [0.15, 0.2) is 142 Å². The van der Waals surface area contributed by atoms with Crippen molar-refractivity contribution in [3.05, 3.63) is 161 Å². The third-order valence-corrected chi connectivity index (χ3v) is 15.3. The Hall–Kier alpha value is -6.46. The lowest BCUT2D eigenvalue weighted by Gasteiger charge is -2.41. The Balaban J connectivity index is 1.23. The Morgan fingerprint density at radius 1 is 0.562 bits per heavy atom. The van der Waals surface area contributed by atoms with Gasteiger partial charge in [-0.05, 0) is 121 Å². The van der Waals surface area contributed by atoms with Crippen LogP contribution in [-0.4, -0.2) is 7.28 Å². The normalized spacial score (nSPS) is 16.7. The smallest absolute Gasteiger partial charge is 0.203 e. The minimum absolute atomic E-state index is 0.0408. The number of rotatable bonds is 3. The average Bonchev–Trinajstić information content (AvgIpc) is 3.84. The van der Waals surface area contributed by atoms with Crippen LogP contribution in [0.3, 0.4) is 0 Å². The van der Waals surface area contributed by atoms with Gasteiger partial charge in [-0.1, -0.05) is 153 Å². The van der Waals surface area contributed by atoms with Crippen LogP contribution in [0.2, 0.25) is 0 Å². The summed E-state index contributed by atoms with van der Waals surface area (Å²) in [6, 6.07) is 49.4. The predicted molar refractivity (Wildman–Crippen MR) is 271 cm³/mol. The van der Waals surface area contributed by atoms with Crippen LogP contribution in [0.25, 0.3) is 55.2 Å². The number of nitrogens with one attached hydrogen (secondary N) is 1. The largest absolute Gasteiger partial charge is 0.456 e. The quantitative estimate of drug-likeness (QED) is 0.180. The first kappa shape index (κ1) is 39.2. The van der Waals surface area contributed by atoms with E-state index < -0.39 is 0 Å². The van der Waals surface area contributed by atoms with E-state index in [-0.39, 0.29) is 21.7 Å². The summed E-state index contributed by atoms with van der Waals surface area (Å²) in [5, 5.41) is 7.37. The van der Waals surface area contributed by atoms with Crippen LogP contribution in [0.1, 0.15) is 103 Å². The van der Waals surface area contributed by atoms with Crippen molar-refractivity contribution in [2.45, 2.75) is 96.8 Å². The SMILES string of the molecule is CC(C)(C)c1ccc(N2c3oc4cc5c(cc4c3Bc3c(-c4cccc6c4Nc4ccccc4C6(C)C)cc4oc6ccccc6c4c32)C(C)(C)CCC5(C)C)c(-c2ccccc2)c1. The Kier molecular flexibility index (Phi) is 8.14. The summed E-state index contributed by atoms with van der Waals surface area (Å²) < 4.78 is 14.4. The van der Waals surface area contributed by atoms with Gasteiger partial charge in [-0.15, -0.1) is 0 Å². The van der Waals surface area contributed by atoms with E-state index in [1.54, 1.807) is 0 Å². The number of anilines is 5. The van der Waals surface area contributed by atoms with E-state index in [9.17, 15) is 0 Å². The minimum Gasteiger partial charge on any atom is -0.456 e. The first-order valence-corrected chi connectivity index (χ1v) is 23.2. The molecule has 4 heterocycles. The molecule has 0 unspecified atom stereocenters. The molecule has 0 atom stereocenters. The summed E-state index contributed by atoms with van der Waals surface area (Å²) >= 11 is 0. The molecular weight excluding hydrogens is 779 g/mol. The zero-order valence-corrected chi connectivity index (χ0v) is 38.6. The fourth-order valence-corrected chi connectivity index (χ4v) is 11.5. The molecule has 12 rings (SSSR count). The van der Waals surface area contributed by atoms with E-state index in [2.05, 4.69) is 206 Å². The highest BCUT2D eigenvalue weighted by atomic mass is 16.4. The van der Waals surface area contributed by atoms with Crippen molar-refractivity contribution in [1.82, 2.24) is 0 Å². The third kappa shape index (κ3) is 5.62. The Morgan fingerprint density at radius 3 is 2.05 bits per heavy atom. The van der Waals surface area contributed by atoms with Gasteiger partial charge >= 0.3 is 0 Å². The van der Waals surface area contributed by atoms with Crippen LogP contribution in [0.5, 0.6) is 0 Å². The molecule has 5 heteroatoms. The first-order valence-electron chi connectivity index (χ1n) is 23.2. The number of benzene rings is 7. The molecule has 1 aliphatic carbocycles. The number of hydrogen-bond acceptors (Lipinski definition) is 4. The number of fused-ring (bicyclic) bond motifs is 11. The molecule has 2 aromatic heterocycles. The van der Waals surface area contributed by atoms with Gasteiger partial charge in [0.05, 0.1) is 22.4 Å². The van der Waals surface area contributed by atoms with Gasteiger partial charge in [-0.25, -0.2) is 0 Å². The molecule has 9 aromatic rings. The maximum atomic E-state index is 7.45. The van der Waals surface area contributed by atoms with E-state index in [4.69, 9.17) is 8.83 Å². The maximum absolute atomic E-state index is 7.45. The van der Waals surface area contributed by atoms with Crippen molar-refractivity contribution in [3.8, 4) is 22.3 Å². The minimum atomic E-state index is -0.213. The summed E-state index contributed by atoms with van der Waals surface area (Å²) in [4.78, 5) is 2.48. The molecule has 64 heavy (non-hydrogen) atoms. The predicted octanol–water partition coefficient (Wildman–Crippen LogP) is 14.9. The molecular formula is C59H55BN2O2. The fraction of sp³-hybridized carbons (Fsp3) is 0.254. The van der Waals surface area contributed by atoms with E-state index in [0.29, 0.717) is 7.28 Å². The van der Waals surface area contributed by atoms with E-state index in [1.165, 1.54) is 55.3 Å². The molecule has 3 aliphatic rings. The van der Waals surface area contributed by atoms with Gasteiger partial charge in [0.1, 0.15) is 16.7 Å². The zero-order chi connectivity index (χ0) is 44.1. The molecule has 0 radical (unpaired) electrons. The molecule has 316 valence electrons. The van der Waals surface area contributed by atoms with Crippen LogP contribution in [-0.2, 0) is 21.7 Å². The monoisotopic (exact) mass is 834 g/mol. The van der Waals surface area contributed by atoms with Gasteiger partial charge in [0.2, 0.25) is 7.28 Å². The second-order valence-electron chi connectivity index (χ2n) is 21.7. The summed E-state index contributed by atoms with van der Waals surface area (Å²) in [6.07, 6.45) is 2.29. The Labute approximate surface area is 377 Å². The molecule has 0 bridgehead atoms. The summed E-state index contributed by atoms with van der Waals surface area (Å²) in [5.74, 6) is 0.883. The number of para-hydroxylation sites is 3. The lowest BCUT2D eigenvalue weighted by Crippen LogP contribution is -2.40. The Bertz CT molecular complexity index is 3410. The molecule has 0 amide bonds.